The van der Waals surface area contributed by atoms with Crippen molar-refractivity contribution in [2.45, 2.75) is 13.0 Å². The highest BCUT2D eigenvalue weighted by atomic mass is 35.5. The monoisotopic (exact) mass is 315 g/mol. The van der Waals surface area contributed by atoms with Gasteiger partial charge in [-0.2, -0.15) is 0 Å². The molecule has 0 aliphatic carbocycles. The quantitative estimate of drug-likeness (QED) is 0.730. The maximum atomic E-state index is 9.81. The van der Waals surface area contributed by atoms with Gasteiger partial charge in [-0.25, -0.2) is 0 Å². The molecule has 2 N–H and O–H groups in total. The topological polar surface area (TPSA) is 32.3 Å². The van der Waals surface area contributed by atoms with Gasteiger partial charge in [-0.3, -0.25) is 0 Å². The van der Waals surface area contributed by atoms with Gasteiger partial charge in [0.05, 0.1) is 26.8 Å². The van der Waals surface area contributed by atoms with Crippen molar-refractivity contribution in [2.75, 3.05) is 5.32 Å². The summed E-state index contributed by atoms with van der Waals surface area (Å²) in [5.74, 6) is 0.235. The Kier molecular flexibility index (Phi) is 4.46. The molecule has 2 aromatic rings. The fraction of sp³-hybridized carbons (Fsp3) is 0.143. The van der Waals surface area contributed by atoms with Crippen LogP contribution in [0.4, 0.5) is 5.69 Å². The minimum Gasteiger partial charge on any atom is -0.508 e. The molecule has 1 unspecified atom stereocenters. The largest absolute Gasteiger partial charge is 0.508 e. The number of para-hydroxylation sites is 1. The van der Waals surface area contributed by atoms with Crippen molar-refractivity contribution in [3.63, 3.8) is 0 Å². The molecule has 0 amide bonds. The van der Waals surface area contributed by atoms with E-state index in [-0.39, 0.29) is 11.8 Å². The Hall–Kier alpha value is -1.09. The number of nitrogens with one attached hydrogen (secondary N) is 1. The Morgan fingerprint density at radius 1 is 1.00 bits per heavy atom. The minimum absolute atomic E-state index is 0.115. The summed E-state index contributed by atoms with van der Waals surface area (Å²) >= 11 is 18.0. The normalized spacial score (nSPS) is 12.2. The Morgan fingerprint density at radius 2 is 1.63 bits per heavy atom. The van der Waals surface area contributed by atoms with Crippen LogP contribution in [0.25, 0.3) is 0 Å². The summed E-state index contributed by atoms with van der Waals surface area (Å²) in [4.78, 5) is 0. The average molecular weight is 317 g/mol. The molecule has 1 atom stereocenters. The maximum Gasteiger partial charge on any atom is 0.120 e. The zero-order chi connectivity index (χ0) is 14.0. The van der Waals surface area contributed by atoms with Crippen molar-refractivity contribution in [1.82, 2.24) is 0 Å². The minimum atomic E-state index is -0.115. The molecule has 2 aromatic carbocycles. The van der Waals surface area contributed by atoms with E-state index in [9.17, 15) is 5.11 Å². The van der Waals surface area contributed by atoms with Crippen LogP contribution in [-0.4, -0.2) is 5.11 Å². The van der Waals surface area contributed by atoms with E-state index >= 15 is 0 Å². The number of halogens is 3. The number of aromatic hydroxyl groups is 1. The summed E-state index contributed by atoms with van der Waals surface area (Å²) in [6.07, 6.45) is 0. The van der Waals surface area contributed by atoms with Crippen LogP contribution in [0.1, 0.15) is 18.5 Å². The third kappa shape index (κ3) is 3.27. The second kappa shape index (κ2) is 5.91. The number of rotatable bonds is 3. The summed E-state index contributed by atoms with van der Waals surface area (Å²) in [6, 6.07) is 10.3. The van der Waals surface area contributed by atoms with E-state index in [1.165, 1.54) is 0 Å². The van der Waals surface area contributed by atoms with Gasteiger partial charge in [0.15, 0.2) is 0 Å². The van der Waals surface area contributed by atoms with Gasteiger partial charge in [0, 0.05) is 5.56 Å². The number of anilines is 1. The van der Waals surface area contributed by atoms with Gasteiger partial charge in [0.2, 0.25) is 0 Å². The Bertz CT molecular complexity index is 601. The summed E-state index contributed by atoms with van der Waals surface area (Å²) in [6.45, 7) is 1.92. The second-order valence-corrected chi connectivity index (χ2v) is 5.39. The smallest absolute Gasteiger partial charge is 0.120 e. The number of phenolic OH excluding ortho intramolecular Hbond substituents is 1. The van der Waals surface area contributed by atoms with Crippen molar-refractivity contribution < 1.29 is 5.11 Å². The summed E-state index contributed by atoms with van der Waals surface area (Å²) in [5, 5.41) is 14.3. The van der Waals surface area contributed by atoms with Gasteiger partial charge < -0.3 is 10.4 Å². The predicted octanol–water partition coefficient (Wildman–Crippen LogP) is 5.53. The van der Waals surface area contributed by atoms with Gasteiger partial charge >= 0.3 is 0 Å². The van der Waals surface area contributed by atoms with Crippen molar-refractivity contribution in [3.05, 3.63) is 57.0 Å². The lowest BCUT2D eigenvalue weighted by atomic mass is 10.1. The number of hydrogen-bond acceptors (Lipinski definition) is 2. The molecule has 0 bridgehead atoms. The first kappa shape index (κ1) is 14.3. The van der Waals surface area contributed by atoms with Gasteiger partial charge in [-0.15, -0.1) is 0 Å². The zero-order valence-corrected chi connectivity index (χ0v) is 12.4. The molecule has 0 saturated carbocycles. The molecule has 19 heavy (non-hydrogen) atoms. The van der Waals surface area contributed by atoms with Crippen LogP contribution >= 0.6 is 34.8 Å². The molecule has 100 valence electrons. The number of benzene rings is 2. The molecule has 0 fully saturated rings. The Balaban J connectivity index is 2.27. The van der Waals surface area contributed by atoms with Crippen molar-refractivity contribution >= 4 is 40.5 Å². The molecule has 5 heteroatoms. The van der Waals surface area contributed by atoms with E-state index in [4.69, 9.17) is 34.8 Å². The lowest BCUT2D eigenvalue weighted by Gasteiger charge is -2.18. The van der Waals surface area contributed by atoms with E-state index in [0.717, 1.165) is 5.56 Å². The third-order valence-corrected chi connectivity index (χ3v) is 3.82. The van der Waals surface area contributed by atoms with Gasteiger partial charge in [0.25, 0.3) is 0 Å². The molecule has 0 saturated heterocycles. The van der Waals surface area contributed by atoms with E-state index < -0.39 is 0 Å². The van der Waals surface area contributed by atoms with E-state index in [2.05, 4.69) is 5.32 Å². The lowest BCUT2D eigenvalue weighted by molar-refractivity contribution is 0.465. The zero-order valence-electron chi connectivity index (χ0n) is 10.1. The van der Waals surface area contributed by atoms with Crippen molar-refractivity contribution in [3.8, 4) is 5.75 Å². The SMILES string of the molecule is CC(Nc1cc(Cl)c(Cl)cc1Cl)c1ccccc1O. The molecule has 0 spiro atoms. The maximum absolute atomic E-state index is 9.81. The first-order valence-corrected chi connectivity index (χ1v) is 6.81. The van der Waals surface area contributed by atoms with Crippen LogP contribution in [0.15, 0.2) is 36.4 Å². The molecule has 2 rings (SSSR count). The van der Waals surface area contributed by atoms with Crippen LogP contribution < -0.4 is 5.32 Å². The van der Waals surface area contributed by atoms with Crippen molar-refractivity contribution in [2.24, 2.45) is 0 Å². The van der Waals surface area contributed by atoms with Crippen LogP contribution in [0.2, 0.25) is 15.1 Å². The Morgan fingerprint density at radius 3 is 2.32 bits per heavy atom. The highest BCUT2D eigenvalue weighted by molar-refractivity contribution is 6.44. The van der Waals surface area contributed by atoms with E-state index in [1.807, 2.05) is 19.1 Å². The van der Waals surface area contributed by atoms with Gasteiger partial charge in [-0.1, -0.05) is 53.0 Å². The average Bonchev–Trinajstić information content (AvgIpc) is 2.36. The highest BCUT2D eigenvalue weighted by Crippen LogP contribution is 2.35. The summed E-state index contributed by atoms with van der Waals surface area (Å²) in [5.41, 5.74) is 1.46. The molecular formula is C14H12Cl3NO. The van der Waals surface area contributed by atoms with Crippen LogP contribution in [0.3, 0.4) is 0 Å². The fourth-order valence-electron chi connectivity index (χ4n) is 1.80. The second-order valence-electron chi connectivity index (χ2n) is 4.17. The summed E-state index contributed by atoms with van der Waals surface area (Å²) < 4.78 is 0. The standard InChI is InChI=1S/C14H12Cl3NO/c1-8(9-4-2-3-5-14(9)19)18-13-7-11(16)10(15)6-12(13)17/h2-8,18-19H,1H3. The number of hydrogen-bond donors (Lipinski definition) is 2. The van der Waals surface area contributed by atoms with E-state index in [0.29, 0.717) is 20.8 Å². The molecule has 0 aliphatic heterocycles. The van der Waals surface area contributed by atoms with Gasteiger partial charge in [0.1, 0.15) is 5.75 Å². The summed E-state index contributed by atoms with van der Waals surface area (Å²) in [7, 11) is 0. The molecule has 0 aliphatic rings. The van der Waals surface area contributed by atoms with E-state index in [1.54, 1.807) is 24.3 Å². The highest BCUT2D eigenvalue weighted by Gasteiger charge is 2.12. The molecule has 2 nitrogen and oxygen atoms in total. The molecule has 0 aromatic heterocycles. The van der Waals surface area contributed by atoms with Crippen LogP contribution in [0.5, 0.6) is 5.75 Å². The van der Waals surface area contributed by atoms with Gasteiger partial charge in [-0.05, 0) is 25.1 Å². The first-order valence-electron chi connectivity index (χ1n) is 5.68. The fourth-order valence-corrected chi connectivity index (χ4v) is 2.40. The van der Waals surface area contributed by atoms with Crippen LogP contribution in [0, 0.1) is 0 Å². The molecule has 0 heterocycles. The Labute approximate surface area is 126 Å². The lowest BCUT2D eigenvalue weighted by Crippen LogP contribution is -2.07. The van der Waals surface area contributed by atoms with Crippen molar-refractivity contribution in [1.29, 1.82) is 0 Å². The predicted molar refractivity (Wildman–Crippen MR) is 81.6 cm³/mol. The van der Waals surface area contributed by atoms with Crippen LogP contribution in [-0.2, 0) is 0 Å². The molecular weight excluding hydrogens is 305 g/mol. The first-order chi connectivity index (χ1) is 8.99. The molecule has 0 radical (unpaired) electrons. The number of phenols is 1. The third-order valence-electron chi connectivity index (χ3n) is 2.79.